The molecule has 0 spiro atoms. The lowest BCUT2D eigenvalue weighted by Crippen LogP contribution is -2.27. The van der Waals surface area contributed by atoms with Gasteiger partial charge in [0.05, 0.1) is 6.26 Å². The van der Waals surface area contributed by atoms with E-state index in [1.54, 1.807) is 18.2 Å². The van der Waals surface area contributed by atoms with Gasteiger partial charge in [-0.3, -0.25) is 9.89 Å². The van der Waals surface area contributed by atoms with Gasteiger partial charge in [0.2, 0.25) is 5.82 Å². The molecular formula is C13H18N4O2. The molecule has 1 N–H and O–H groups in total. The molecule has 0 aliphatic carbocycles. The van der Waals surface area contributed by atoms with Gasteiger partial charge in [-0.2, -0.15) is 0 Å². The highest BCUT2D eigenvalue weighted by Gasteiger charge is 2.19. The van der Waals surface area contributed by atoms with Crippen molar-refractivity contribution < 1.29 is 9.21 Å². The Morgan fingerprint density at radius 2 is 2.26 bits per heavy atom. The summed E-state index contributed by atoms with van der Waals surface area (Å²) in [6.07, 6.45) is 1.62. The molecule has 2 aromatic rings. The Morgan fingerprint density at radius 3 is 2.79 bits per heavy atom. The Balaban J connectivity index is 2.08. The highest BCUT2D eigenvalue weighted by atomic mass is 16.3. The van der Waals surface area contributed by atoms with E-state index in [1.807, 2.05) is 26.8 Å². The molecule has 2 heterocycles. The molecule has 0 radical (unpaired) electrons. The zero-order valence-corrected chi connectivity index (χ0v) is 11.6. The van der Waals surface area contributed by atoms with Crippen molar-refractivity contribution in [2.24, 2.45) is 0 Å². The standard InChI is InChI=1S/C13H18N4O2/c1-8(2)11-14-12(16-15-11)13(18)17(4)7-10-5-6-19-9(10)3/h5-6,8H,7H2,1-4H3,(H,14,15,16). The van der Waals surface area contributed by atoms with Crippen LogP contribution in [-0.2, 0) is 6.54 Å². The van der Waals surface area contributed by atoms with Crippen molar-refractivity contribution in [2.45, 2.75) is 33.2 Å². The zero-order chi connectivity index (χ0) is 14.0. The molecule has 0 bridgehead atoms. The minimum atomic E-state index is -0.205. The second-order valence-electron chi connectivity index (χ2n) is 4.86. The van der Waals surface area contributed by atoms with Crippen molar-refractivity contribution in [2.75, 3.05) is 7.05 Å². The number of hydrogen-bond acceptors (Lipinski definition) is 4. The summed E-state index contributed by atoms with van der Waals surface area (Å²) in [5.41, 5.74) is 0.982. The number of H-pyrrole nitrogens is 1. The summed E-state index contributed by atoms with van der Waals surface area (Å²) in [6, 6.07) is 1.86. The summed E-state index contributed by atoms with van der Waals surface area (Å²) in [6.45, 7) is 6.34. The second kappa shape index (κ2) is 5.26. The maximum Gasteiger partial charge on any atom is 0.293 e. The molecule has 6 nitrogen and oxygen atoms in total. The molecule has 0 aliphatic rings. The predicted molar refractivity (Wildman–Crippen MR) is 69.7 cm³/mol. The number of amides is 1. The first-order valence-electron chi connectivity index (χ1n) is 6.19. The van der Waals surface area contributed by atoms with E-state index < -0.39 is 0 Å². The quantitative estimate of drug-likeness (QED) is 0.915. The van der Waals surface area contributed by atoms with Crippen molar-refractivity contribution >= 4 is 5.91 Å². The number of aryl methyl sites for hydroxylation is 1. The van der Waals surface area contributed by atoms with Crippen LogP contribution >= 0.6 is 0 Å². The molecule has 0 atom stereocenters. The topological polar surface area (TPSA) is 75.0 Å². The summed E-state index contributed by atoms with van der Waals surface area (Å²) < 4.78 is 5.21. The fraction of sp³-hybridized carbons (Fsp3) is 0.462. The smallest absolute Gasteiger partial charge is 0.293 e. The Morgan fingerprint density at radius 1 is 1.53 bits per heavy atom. The van der Waals surface area contributed by atoms with Crippen LogP contribution in [-0.4, -0.2) is 33.0 Å². The molecule has 2 aromatic heterocycles. The van der Waals surface area contributed by atoms with E-state index in [0.29, 0.717) is 6.54 Å². The van der Waals surface area contributed by atoms with Crippen LogP contribution in [0.4, 0.5) is 0 Å². The summed E-state index contributed by atoms with van der Waals surface area (Å²) in [4.78, 5) is 17.9. The van der Waals surface area contributed by atoms with Crippen LogP contribution in [0.2, 0.25) is 0 Å². The summed E-state index contributed by atoms with van der Waals surface area (Å²) in [7, 11) is 1.72. The molecular weight excluding hydrogens is 244 g/mol. The van der Waals surface area contributed by atoms with Gasteiger partial charge in [0.25, 0.3) is 5.91 Å². The van der Waals surface area contributed by atoms with Crippen LogP contribution in [0.1, 0.15) is 47.5 Å². The molecule has 2 rings (SSSR count). The monoisotopic (exact) mass is 262 g/mol. The van der Waals surface area contributed by atoms with Gasteiger partial charge < -0.3 is 9.32 Å². The first-order chi connectivity index (χ1) is 8.99. The number of carbonyl (C=O) groups excluding carboxylic acids is 1. The van der Waals surface area contributed by atoms with Gasteiger partial charge in [0, 0.05) is 25.1 Å². The van der Waals surface area contributed by atoms with E-state index in [4.69, 9.17) is 4.42 Å². The SMILES string of the molecule is Cc1occc1CN(C)C(=O)c1n[nH]c(C(C)C)n1. The van der Waals surface area contributed by atoms with E-state index in [1.165, 1.54) is 0 Å². The predicted octanol–water partition coefficient (Wildman–Crippen LogP) is 2.10. The van der Waals surface area contributed by atoms with E-state index in [9.17, 15) is 4.79 Å². The maximum absolute atomic E-state index is 12.2. The van der Waals surface area contributed by atoms with Crippen LogP contribution in [0.3, 0.4) is 0 Å². The van der Waals surface area contributed by atoms with E-state index in [0.717, 1.165) is 17.1 Å². The first kappa shape index (κ1) is 13.3. The van der Waals surface area contributed by atoms with Crippen LogP contribution in [0, 0.1) is 6.92 Å². The maximum atomic E-state index is 12.2. The Kier molecular flexibility index (Phi) is 3.69. The van der Waals surface area contributed by atoms with Crippen molar-refractivity contribution in [3.63, 3.8) is 0 Å². The van der Waals surface area contributed by atoms with Gasteiger partial charge in [0.1, 0.15) is 11.6 Å². The summed E-state index contributed by atoms with van der Waals surface area (Å²) >= 11 is 0. The number of carbonyl (C=O) groups is 1. The molecule has 0 aromatic carbocycles. The van der Waals surface area contributed by atoms with Crippen molar-refractivity contribution in [3.05, 3.63) is 35.3 Å². The zero-order valence-electron chi connectivity index (χ0n) is 11.6. The van der Waals surface area contributed by atoms with E-state index >= 15 is 0 Å². The van der Waals surface area contributed by atoms with Crippen molar-refractivity contribution in [1.29, 1.82) is 0 Å². The molecule has 0 unspecified atom stereocenters. The highest BCUT2D eigenvalue weighted by Crippen LogP contribution is 2.13. The average molecular weight is 262 g/mol. The van der Waals surface area contributed by atoms with Crippen molar-refractivity contribution in [1.82, 2.24) is 20.1 Å². The van der Waals surface area contributed by atoms with E-state index in [-0.39, 0.29) is 17.6 Å². The fourth-order valence-electron chi connectivity index (χ4n) is 1.70. The van der Waals surface area contributed by atoms with Gasteiger partial charge in [-0.1, -0.05) is 13.8 Å². The molecule has 19 heavy (non-hydrogen) atoms. The van der Waals surface area contributed by atoms with Gasteiger partial charge in [-0.15, -0.1) is 5.10 Å². The van der Waals surface area contributed by atoms with Crippen LogP contribution in [0.15, 0.2) is 16.7 Å². The minimum Gasteiger partial charge on any atom is -0.469 e. The third-order valence-electron chi connectivity index (χ3n) is 2.96. The molecule has 6 heteroatoms. The molecule has 0 aliphatic heterocycles. The third-order valence-corrected chi connectivity index (χ3v) is 2.96. The largest absolute Gasteiger partial charge is 0.469 e. The lowest BCUT2D eigenvalue weighted by molar-refractivity contribution is 0.0773. The number of hydrogen-bond donors (Lipinski definition) is 1. The number of furan rings is 1. The molecule has 0 fully saturated rings. The first-order valence-corrected chi connectivity index (χ1v) is 6.19. The summed E-state index contributed by atoms with van der Waals surface area (Å²) in [5.74, 6) is 1.75. The van der Waals surface area contributed by atoms with E-state index in [2.05, 4.69) is 15.2 Å². The van der Waals surface area contributed by atoms with Gasteiger partial charge in [-0.25, -0.2) is 4.98 Å². The lowest BCUT2D eigenvalue weighted by atomic mass is 10.2. The van der Waals surface area contributed by atoms with Gasteiger partial charge >= 0.3 is 0 Å². The van der Waals surface area contributed by atoms with Crippen LogP contribution < -0.4 is 0 Å². The Labute approximate surface area is 111 Å². The Bertz CT molecular complexity index is 571. The molecule has 0 saturated carbocycles. The van der Waals surface area contributed by atoms with Crippen LogP contribution in [0.25, 0.3) is 0 Å². The summed E-state index contributed by atoms with van der Waals surface area (Å²) in [5, 5.41) is 6.74. The average Bonchev–Trinajstić information content (AvgIpc) is 2.98. The van der Waals surface area contributed by atoms with Crippen LogP contribution in [0.5, 0.6) is 0 Å². The molecule has 1 amide bonds. The number of rotatable bonds is 4. The fourth-order valence-corrected chi connectivity index (χ4v) is 1.70. The molecule has 102 valence electrons. The highest BCUT2D eigenvalue weighted by molar-refractivity contribution is 5.90. The van der Waals surface area contributed by atoms with Gasteiger partial charge in [0.15, 0.2) is 0 Å². The second-order valence-corrected chi connectivity index (χ2v) is 4.86. The number of nitrogens with one attached hydrogen (secondary N) is 1. The Hall–Kier alpha value is -2.11. The lowest BCUT2D eigenvalue weighted by Gasteiger charge is -2.14. The third kappa shape index (κ3) is 2.83. The number of aromatic nitrogens is 3. The van der Waals surface area contributed by atoms with Crippen molar-refractivity contribution in [3.8, 4) is 0 Å². The number of nitrogens with zero attached hydrogens (tertiary/aromatic N) is 3. The molecule has 0 saturated heterocycles. The van der Waals surface area contributed by atoms with Gasteiger partial charge in [-0.05, 0) is 13.0 Å². The minimum absolute atomic E-state index is 0.201. The normalized spacial score (nSPS) is 11.0. The number of aromatic amines is 1.